The number of piperazine rings is 1. The number of nitrogens with zero attached hydrogens (tertiary/aromatic N) is 4. The van der Waals surface area contributed by atoms with Crippen molar-refractivity contribution in [3.8, 4) is 0 Å². The van der Waals surface area contributed by atoms with Crippen LogP contribution in [0, 0.1) is 22.9 Å². The molecule has 0 N–H and O–H groups in total. The zero-order chi connectivity index (χ0) is 24.3. The van der Waals surface area contributed by atoms with Gasteiger partial charge in [-0.15, -0.1) is 0 Å². The number of sulfonamides is 1. The molecule has 0 bridgehead atoms. The summed E-state index contributed by atoms with van der Waals surface area (Å²) in [5.41, 5.74) is 0.703. The predicted molar refractivity (Wildman–Crippen MR) is 122 cm³/mol. The Morgan fingerprint density at radius 1 is 1.09 bits per heavy atom. The average molecular weight is 479 g/mol. The Kier molecular flexibility index (Phi) is 7.33. The summed E-state index contributed by atoms with van der Waals surface area (Å²) >= 11 is 0. The number of carbonyl (C=O) groups excluding carboxylic acids is 1. The van der Waals surface area contributed by atoms with Crippen molar-refractivity contribution in [2.45, 2.75) is 25.7 Å². The third-order valence-electron chi connectivity index (χ3n) is 5.81. The Hall–Kier alpha value is -3.05. The number of hydrogen-bond donors (Lipinski definition) is 0. The Morgan fingerprint density at radius 3 is 2.27 bits per heavy atom. The van der Waals surface area contributed by atoms with Crippen molar-refractivity contribution in [3.05, 3.63) is 63.5 Å². The van der Waals surface area contributed by atoms with Gasteiger partial charge < -0.3 is 9.80 Å². The molecule has 1 amide bonds. The number of aryl methyl sites for hydroxylation is 1. The highest BCUT2D eigenvalue weighted by atomic mass is 32.2. The molecular formula is C22H27FN4O5S. The molecule has 0 aliphatic carbocycles. The highest BCUT2D eigenvalue weighted by molar-refractivity contribution is 7.89. The topological polar surface area (TPSA) is 104 Å². The van der Waals surface area contributed by atoms with E-state index in [4.69, 9.17) is 0 Å². The fourth-order valence-corrected chi connectivity index (χ4v) is 5.33. The number of nitro groups is 1. The molecule has 1 fully saturated rings. The van der Waals surface area contributed by atoms with Gasteiger partial charge in [0.15, 0.2) is 0 Å². The van der Waals surface area contributed by atoms with Gasteiger partial charge in [-0.2, -0.15) is 4.31 Å². The number of anilines is 1. The Balaban J connectivity index is 1.80. The summed E-state index contributed by atoms with van der Waals surface area (Å²) in [6.45, 7) is 6.78. The first-order chi connectivity index (χ1) is 15.6. The first kappa shape index (κ1) is 24.6. The molecule has 2 aromatic rings. The van der Waals surface area contributed by atoms with E-state index in [9.17, 15) is 27.7 Å². The van der Waals surface area contributed by atoms with Crippen LogP contribution in [0.15, 0.2) is 41.3 Å². The zero-order valence-electron chi connectivity index (χ0n) is 18.8. The SMILES string of the molecule is CCN(CC)S(=O)(=O)c1ccc(N2CCN(C(=O)c3ccc(C)c(F)c3)CC2)c([N+](=O)[O-])c1. The van der Waals surface area contributed by atoms with Crippen LogP contribution < -0.4 is 4.90 Å². The van der Waals surface area contributed by atoms with Crippen LogP contribution in [0.4, 0.5) is 15.8 Å². The number of amides is 1. The highest BCUT2D eigenvalue weighted by Gasteiger charge is 2.30. The van der Waals surface area contributed by atoms with Crippen LogP contribution in [0.2, 0.25) is 0 Å². The molecule has 33 heavy (non-hydrogen) atoms. The summed E-state index contributed by atoms with van der Waals surface area (Å²) in [4.78, 5) is 27.1. The molecule has 1 heterocycles. The maximum atomic E-state index is 13.8. The fourth-order valence-electron chi connectivity index (χ4n) is 3.85. The molecule has 2 aromatic carbocycles. The van der Waals surface area contributed by atoms with Crippen LogP contribution >= 0.6 is 0 Å². The number of benzene rings is 2. The highest BCUT2D eigenvalue weighted by Crippen LogP contribution is 2.32. The van der Waals surface area contributed by atoms with Crippen molar-refractivity contribution >= 4 is 27.3 Å². The first-order valence-electron chi connectivity index (χ1n) is 10.7. The largest absolute Gasteiger partial charge is 0.362 e. The molecule has 0 radical (unpaired) electrons. The van der Waals surface area contributed by atoms with Crippen molar-refractivity contribution in [1.29, 1.82) is 0 Å². The maximum absolute atomic E-state index is 13.8. The summed E-state index contributed by atoms with van der Waals surface area (Å²) in [7, 11) is -3.84. The number of halogens is 1. The lowest BCUT2D eigenvalue weighted by Crippen LogP contribution is -2.49. The number of carbonyl (C=O) groups is 1. The minimum atomic E-state index is -3.84. The quantitative estimate of drug-likeness (QED) is 0.448. The van der Waals surface area contributed by atoms with Crippen LogP contribution in [0.5, 0.6) is 0 Å². The van der Waals surface area contributed by atoms with Gasteiger partial charge in [0.1, 0.15) is 11.5 Å². The van der Waals surface area contributed by atoms with Gasteiger partial charge in [-0.05, 0) is 36.8 Å². The van der Waals surface area contributed by atoms with E-state index in [-0.39, 0.29) is 35.1 Å². The second-order valence-electron chi connectivity index (χ2n) is 7.74. The Bertz CT molecular complexity index is 1160. The monoisotopic (exact) mass is 478 g/mol. The van der Waals surface area contributed by atoms with Gasteiger partial charge in [0.05, 0.1) is 9.82 Å². The van der Waals surface area contributed by atoms with Gasteiger partial charge in [-0.25, -0.2) is 12.8 Å². The van der Waals surface area contributed by atoms with E-state index in [2.05, 4.69) is 0 Å². The standard InChI is InChI=1S/C22H27FN4O5S/c1-4-26(5-2)33(31,32)18-8-9-20(21(15-18)27(29)30)24-10-12-25(13-11-24)22(28)17-7-6-16(3)19(23)14-17/h6-9,14-15H,4-5,10-13H2,1-3H3. The van der Waals surface area contributed by atoms with E-state index >= 15 is 0 Å². The molecule has 11 heteroatoms. The summed E-state index contributed by atoms with van der Waals surface area (Å²) in [5, 5.41) is 11.7. The second kappa shape index (κ2) is 9.84. The molecular weight excluding hydrogens is 451 g/mol. The van der Waals surface area contributed by atoms with Gasteiger partial charge >= 0.3 is 0 Å². The second-order valence-corrected chi connectivity index (χ2v) is 9.68. The van der Waals surface area contributed by atoms with E-state index in [1.165, 1.54) is 22.5 Å². The molecule has 3 rings (SSSR count). The van der Waals surface area contributed by atoms with Crippen molar-refractivity contribution in [2.75, 3.05) is 44.2 Å². The van der Waals surface area contributed by atoms with Gasteiger partial charge in [0.2, 0.25) is 10.0 Å². The van der Waals surface area contributed by atoms with Crippen molar-refractivity contribution in [2.24, 2.45) is 0 Å². The molecule has 178 valence electrons. The lowest BCUT2D eigenvalue weighted by atomic mass is 10.1. The molecule has 0 saturated carbocycles. The zero-order valence-corrected chi connectivity index (χ0v) is 19.6. The van der Waals surface area contributed by atoms with Gasteiger partial charge in [-0.1, -0.05) is 19.9 Å². The first-order valence-corrected chi connectivity index (χ1v) is 12.1. The Labute approximate surface area is 192 Å². The normalized spacial score (nSPS) is 14.6. The smallest absolute Gasteiger partial charge is 0.293 e. The summed E-state index contributed by atoms with van der Waals surface area (Å²) in [5.74, 6) is -0.751. The third-order valence-corrected chi connectivity index (χ3v) is 7.86. The number of nitro benzene ring substituents is 1. The van der Waals surface area contributed by atoms with E-state index in [0.29, 0.717) is 37.4 Å². The molecule has 9 nitrogen and oxygen atoms in total. The molecule has 0 unspecified atom stereocenters. The van der Waals surface area contributed by atoms with Crippen molar-refractivity contribution in [1.82, 2.24) is 9.21 Å². The van der Waals surface area contributed by atoms with Gasteiger partial charge in [0, 0.05) is 50.9 Å². The minimum absolute atomic E-state index is 0.128. The fraction of sp³-hybridized carbons (Fsp3) is 0.409. The number of rotatable bonds is 7. The molecule has 0 aromatic heterocycles. The molecule has 1 saturated heterocycles. The third kappa shape index (κ3) is 4.98. The number of hydrogen-bond acceptors (Lipinski definition) is 6. The minimum Gasteiger partial charge on any atom is -0.362 e. The molecule has 1 aliphatic heterocycles. The molecule has 1 aliphatic rings. The van der Waals surface area contributed by atoms with Gasteiger partial charge in [0.25, 0.3) is 11.6 Å². The molecule has 0 atom stereocenters. The van der Waals surface area contributed by atoms with Crippen molar-refractivity contribution in [3.63, 3.8) is 0 Å². The predicted octanol–water partition coefficient (Wildman–Crippen LogP) is 3.04. The van der Waals surface area contributed by atoms with Crippen LogP contribution in [-0.2, 0) is 10.0 Å². The van der Waals surface area contributed by atoms with Gasteiger partial charge in [-0.3, -0.25) is 14.9 Å². The van der Waals surface area contributed by atoms with Crippen LogP contribution in [-0.4, -0.2) is 67.7 Å². The maximum Gasteiger partial charge on any atom is 0.293 e. The lowest BCUT2D eigenvalue weighted by molar-refractivity contribution is -0.384. The van der Waals surface area contributed by atoms with Crippen LogP contribution in [0.3, 0.4) is 0 Å². The summed E-state index contributed by atoms with van der Waals surface area (Å²) in [6.07, 6.45) is 0. The summed E-state index contributed by atoms with van der Waals surface area (Å²) in [6, 6.07) is 8.26. The van der Waals surface area contributed by atoms with E-state index in [0.717, 1.165) is 6.07 Å². The molecule has 0 spiro atoms. The van der Waals surface area contributed by atoms with Crippen LogP contribution in [0.25, 0.3) is 0 Å². The average Bonchev–Trinajstić information content (AvgIpc) is 2.80. The van der Waals surface area contributed by atoms with E-state index in [1.807, 2.05) is 0 Å². The summed E-state index contributed by atoms with van der Waals surface area (Å²) < 4.78 is 40.6. The van der Waals surface area contributed by atoms with E-state index < -0.39 is 20.8 Å². The lowest BCUT2D eigenvalue weighted by Gasteiger charge is -2.36. The van der Waals surface area contributed by atoms with E-state index in [1.54, 1.807) is 42.7 Å². The Morgan fingerprint density at radius 2 is 1.73 bits per heavy atom. The van der Waals surface area contributed by atoms with Crippen molar-refractivity contribution < 1.29 is 22.5 Å². The van der Waals surface area contributed by atoms with Crippen LogP contribution in [0.1, 0.15) is 29.8 Å².